The van der Waals surface area contributed by atoms with Gasteiger partial charge in [0.25, 0.3) is 0 Å². The van der Waals surface area contributed by atoms with Gasteiger partial charge in [-0.05, 0) is 17.9 Å². The molecule has 0 aromatic heterocycles. The average molecular weight is 215 g/mol. The van der Waals surface area contributed by atoms with Gasteiger partial charge in [-0.15, -0.1) is 0 Å². The van der Waals surface area contributed by atoms with Crippen molar-refractivity contribution in [2.24, 2.45) is 16.8 Å². The Kier molecular flexibility index (Phi) is 2.24. The van der Waals surface area contributed by atoms with Crippen molar-refractivity contribution in [3.63, 3.8) is 0 Å². The Balaban J connectivity index is 1.57. The van der Waals surface area contributed by atoms with E-state index in [-0.39, 0.29) is 5.97 Å². The van der Waals surface area contributed by atoms with E-state index in [1.165, 1.54) is 0 Å². The first kappa shape index (κ1) is 9.58. The highest BCUT2D eigenvalue weighted by atomic mass is 16.5. The number of ether oxygens (including phenoxy) is 1. The molecule has 0 amide bonds. The highest BCUT2D eigenvalue weighted by Crippen LogP contribution is 2.44. The van der Waals surface area contributed by atoms with E-state index < -0.39 is 0 Å². The van der Waals surface area contributed by atoms with Crippen molar-refractivity contribution in [2.75, 3.05) is 6.54 Å². The van der Waals surface area contributed by atoms with Gasteiger partial charge >= 0.3 is 5.97 Å². The first-order valence-corrected chi connectivity index (χ1v) is 5.60. The number of fused-ring (bicyclic) bond motifs is 1. The molecule has 0 bridgehead atoms. The van der Waals surface area contributed by atoms with Gasteiger partial charge in [0.05, 0.1) is 0 Å². The van der Waals surface area contributed by atoms with Crippen molar-refractivity contribution in [1.82, 2.24) is 0 Å². The Bertz CT molecular complexity index is 439. The lowest BCUT2D eigenvalue weighted by Gasteiger charge is -2.04. The van der Waals surface area contributed by atoms with Crippen LogP contribution in [0.3, 0.4) is 0 Å². The second kappa shape index (κ2) is 3.74. The van der Waals surface area contributed by atoms with Gasteiger partial charge in [-0.25, -0.2) is 4.79 Å². The molecule has 0 radical (unpaired) electrons. The Morgan fingerprint density at radius 3 is 2.81 bits per heavy atom. The topological polar surface area (TPSA) is 38.7 Å². The van der Waals surface area contributed by atoms with E-state index >= 15 is 0 Å². The monoisotopic (exact) mass is 215 g/mol. The summed E-state index contributed by atoms with van der Waals surface area (Å²) < 4.78 is 5.24. The van der Waals surface area contributed by atoms with Crippen LogP contribution in [0, 0.1) is 11.8 Å². The Labute approximate surface area is 94.1 Å². The van der Waals surface area contributed by atoms with Crippen LogP contribution < -0.4 is 0 Å². The molecule has 16 heavy (non-hydrogen) atoms. The summed E-state index contributed by atoms with van der Waals surface area (Å²) in [5.74, 6) is 0.816. The van der Waals surface area contributed by atoms with Gasteiger partial charge in [-0.3, -0.25) is 4.99 Å². The van der Waals surface area contributed by atoms with Crippen LogP contribution in [-0.4, -0.2) is 18.2 Å². The molecule has 1 aromatic rings. The molecule has 0 N–H and O–H groups in total. The number of rotatable bonds is 3. The van der Waals surface area contributed by atoms with Crippen LogP contribution in [0.1, 0.15) is 12.0 Å². The standard InChI is InChI=1S/C13H13NO2/c15-13(12-11-6-10(11)7-14-12)16-8-9-4-2-1-3-5-9/h1-5,10-11H,6-8H2. The maximum Gasteiger partial charge on any atom is 0.352 e. The number of esters is 1. The predicted molar refractivity (Wildman–Crippen MR) is 60.1 cm³/mol. The zero-order chi connectivity index (χ0) is 11.0. The fourth-order valence-corrected chi connectivity index (χ4v) is 2.13. The quantitative estimate of drug-likeness (QED) is 0.721. The summed E-state index contributed by atoms with van der Waals surface area (Å²) >= 11 is 0. The molecule has 82 valence electrons. The third-order valence-corrected chi connectivity index (χ3v) is 3.19. The SMILES string of the molecule is O=C(OCc1ccccc1)C1=NCC2CC12. The molecule has 0 saturated heterocycles. The minimum Gasteiger partial charge on any atom is -0.456 e. The van der Waals surface area contributed by atoms with Gasteiger partial charge in [0.15, 0.2) is 0 Å². The van der Waals surface area contributed by atoms with Crippen LogP contribution in [0.15, 0.2) is 35.3 Å². The number of hydrogen-bond donors (Lipinski definition) is 0. The minimum absolute atomic E-state index is 0.228. The van der Waals surface area contributed by atoms with Crippen LogP contribution >= 0.6 is 0 Å². The van der Waals surface area contributed by atoms with Crippen molar-refractivity contribution in [3.8, 4) is 0 Å². The molecule has 1 aliphatic carbocycles. The van der Waals surface area contributed by atoms with Crippen molar-refractivity contribution < 1.29 is 9.53 Å². The summed E-state index contributed by atoms with van der Waals surface area (Å²) in [4.78, 5) is 15.9. The lowest BCUT2D eigenvalue weighted by molar-refractivity contribution is -0.136. The van der Waals surface area contributed by atoms with Crippen LogP contribution in [0.4, 0.5) is 0 Å². The van der Waals surface area contributed by atoms with Gasteiger partial charge in [0, 0.05) is 12.5 Å². The smallest absolute Gasteiger partial charge is 0.352 e. The maximum absolute atomic E-state index is 11.7. The summed E-state index contributed by atoms with van der Waals surface area (Å²) in [5.41, 5.74) is 1.68. The molecule has 1 aromatic carbocycles. The average Bonchev–Trinajstić information content (AvgIpc) is 2.99. The molecule has 2 unspecified atom stereocenters. The van der Waals surface area contributed by atoms with E-state index in [4.69, 9.17) is 4.74 Å². The van der Waals surface area contributed by atoms with Gasteiger partial charge < -0.3 is 4.74 Å². The van der Waals surface area contributed by atoms with Crippen LogP contribution in [-0.2, 0) is 16.1 Å². The van der Waals surface area contributed by atoms with E-state index in [9.17, 15) is 4.79 Å². The summed E-state index contributed by atoms with van der Waals surface area (Å²) in [6.45, 7) is 1.16. The molecule has 1 aliphatic heterocycles. The molecule has 2 aliphatic rings. The van der Waals surface area contributed by atoms with E-state index in [0.717, 1.165) is 18.5 Å². The third-order valence-electron chi connectivity index (χ3n) is 3.19. The molecule has 3 heteroatoms. The van der Waals surface area contributed by atoms with E-state index in [1.807, 2.05) is 30.3 Å². The fourth-order valence-electron chi connectivity index (χ4n) is 2.13. The van der Waals surface area contributed by atoms with Crippen LogP contribution in [0.25, 0.3) is 0 Å². The second-order valence-corrected chi connectivity index (χ2v) is 4.39. The molecular formula is C13H13NO2. The zero-order valence-electron chi connectivity index (χ0n) is 8.93. The summed E-state index contributed by atoms with van der Waals surface area (Å²) in [7, 11) is 0. The maximum atomic E-state index is 11.7. The molecular weight excluding hydrogens is 202 g/mol. The number of carbonyl (C=O) groups is 1. The van der Waals surface area contributed by atoms with Crippen LogP contribution in [0.2, 0.25) is 0 Å². The highest BCUT2D eigenvalue weighted by molar-refractivity contribution is 6.38. The van der Waals surface area contributed by atoms with Gasteiger partial charge in [0.1, 0.15) is 12.3 Å². The molecule has 3 nitrogen and oxygen atoms in total. The minimum atomic E-state index is -0.228. The fraction of sp³-hybridized carbons (Fsp3) is 0.385. The number of carbonyl (C=O) groups excluding carboxylic acids is 1. The predicted octanol–water partition coefficient (Wildman–Crippen LogP) is 1.82. The summed E-state index contributed by atoms with van der Waals surface area (Å²) in [6, 6.07) is 9.72. The molecule has 1 saturated carbocycles. The number of hydrogen-bond acceptors (Lipinski definition) is 3. The largest absolute Gasteiger partial charge is 0.456 e. The normalized spacial score (nSPS) is 25.9. The zero-order valence-corrected chi connectivity index (χ0v) is 8.93. The van der Waals surface area contributed by atoms with E-state index in [1.54, 1.807) is 0 Å². The van der Waals surface area contributed by atoms with Crippen molar-refractivity contribution >= 4 is 11.7 Å². The highest BCUT2D eigenvalue weighted by Gasteiger charge is 2.48. The van der Waals surface area contributed by atoms with Crippen molar-refractivity contribution in [1.29, 1.82) is 0 Å². The number of benzene rings is 1. The molecule has 3 rings (SSSR count). The summed E-state index contributed by atoms with van der Waals surface area (Å²) in [5, 5.41) is 0. The van der Waals surface area contributed by atoms with Gasteiger partial charge in [0.2, 0.25) is 0 Å². The lowest BCUT2D eigenvalue weighted by atomic mass is 10.2. The van der Waals surface area contributed by atoms with E-state index in [0.29, 0.717) is 24.2 Å². The molecule has 1 heterocycles. The van der Waals surface area contributed by atoms with Crippen LogP contribution in [0.5, 0.6) is 0 Å². The first-order chi connectivity index (χ1) is 7.84. The third kappa shape index (κ3) is 1.73. The molecule has 0 spiro atoms. The van der Waals surface area contributed by atoms with E-state index in [2.05, 4.69) is 4.99 Å². The Morgan fingerprint density at radius 2 is 2.19 bits per heavy atom. The van der Waals surface area contributed by atoms with Gasteiger partial charge in [-0.1, -0.05) is 30.3 Å². The van der Waals surface area contributed by atoms with Crippen molar-refractivity contribution in [2.45, 2.75) is 13.0 Å². The van der Waals surface area contributed by atoms with Crippen molar-refractivity contribution in [3.05, 3.63) is 35.9 Å². The number of nitrogens with zero attached hydrogens (tertiary/aromatic N) is 1. The second-order valence-electron chi connectivity index (χ2n) is 4.39. The lowest BCUT2D eigenvalue weighted by Crippen LogP contribution is -2.18. The summed E-state index contributed by atoms with van der Waals surface area (Å²) in [6.07, 6.45) is 1.12. The molecule has 1 fully saturated rings. The molecule has 2 atom stereocenters. The Morgan fingerprint density at radius 1 is 1.38 bits per heavy atom. The number of aliphatic imine (C=N–C) groups is 1. The van der Waals surface area contributed by atoms with Gasteiger partial charge in [-0.2, -0.15) is 0 Å². The first-order valence-electron chi connectivity index (χ1n) is 5.60. The Hall–Kier alpha value is -1.64.